The summed E-state index contributed by atoms with van der Waals surface area (Å²) in [4.78, 5) is 24.1. The molecule has 1 aliphatic carbocycles. The molecule has 2 aliphatic heterocycles. The number of ketones is 1. The van der Waals surface area contributed by atoms with E-state index in [2.05, 4.69) is 0 Å². The summed E-state index contributed by atoms with van der Waals surface area (Å²) in [5.41, 5.74) is 0.841. The van der Waals surface area contributed by atoms with Gasteiger partial charge >= 0.3 is 5.97 Å². The van der Waals surface area contributed by atoms with Gasteiger partial charge in [0.1, 0.15) is 42.9 Å². The highest BCUT2D eigenvalue weighted by molar-refractivity contribution is 6.22. The van der Waals surface area contributed by atoms with Gasteiger partial charge in [-0.2, -0.15) is 0 Å². The Labute approximate surface area is 195 Å². The van der Waals surface area contributed by atoms with E-state index in [1.165, 1.54) is 25.3 Å². The number of fused-ring (bicyclic) bond motifs is 1. The molecule has 9 unspecified atom stereocenters. The predicted molar refractivity (Wildman–Crippen MR) is 113 cm³/mol. The van der Waals surface area contributed by atoms with Crippen molar-refractivity contribution in [2.24, 2.45) is 5.92 Å². The van der Waals surface area contributed by atoms with Gasteiger partial charge in [-0.05, 0) is 17.7 Å². The van der Waals surface area contributed by atoms with E-state index in [4.69, 9.17) is 18.9 Å². The Bertz CT molecular complexity index is 929. The van der Waals surface area contributed by atoms with Crippen molar-refractivity contribution in [1.82, 2.24) is 0 Å². The molecule has 2 fully saturated rings. The molecule has 11 nitrogen and oxygen atoms in total. The summed E-state index contributed by atoms with van der Waals surface area (Å²) in [5, 5.41) is 50.8. The number of ether oxygens (including phenoxy) is 4. The summed E-state index contributed by atoms with van der Waals surface area (Å²) >= 11 is 0. The number of rotatable bonds is 5. The van der Waals surface area contributed by atoms with Gasteiger partial charge in [0, 0.05) is 19.8 Å². The number of allylic oxidation sites excluding steroid dienone is 1. The van der Waals surface area contributed by atoms with Crippen LogP contribution in [0.5, 0.6) is 5.75 Å². The van der Waals surface area contributed by atoms with Crippen LogP contribution in [-0.4, -0.2) is 92.9 Å². The third kappa shape index (κ3) is 4.95. The number of carbonyl (C=O) groups is 2. The van der Waals surface area contributed by atoms with E-state index in [1.807, 2.05) is 0 Å². The molecule has 0 radical (unpaired) electrons. The van der Waals surface area contributed by atoms with Crippen LogP contribution < -0.4 is 0 Å². The molecule has 5 N–H and O–H groups in total. The molecule has 3 aliphatic rings. The van der Waals surface area contributed by atoms with Crippen LogP contribution in [0.3, 0.4) is 0 Å². The molecule has 1 saturated heterocycles. The summed E-state index contributed by atoms with van der Waals surface area (Å²) in [7, 11) is 0. The summed E-state index contributed by atoms with van der Waals surface area (Å²) < 4.78 is 21.9. The van der Waals surface area contributed by atoms with Crippen LogP contribution in [0.2, 0.25) is 0 Å². The molecule has 0 amide bonds. The Morgan fingerprint density at radius 2 is 1.76 bits per heavy atom. The van der Waals surface area contributed by atoms with E-state index in [1.54, 1.807) is 12.1 Å². The van der Waals surface area contributed by atoms with Crippen LogP contribution in [0.25, 0.3) is 5.57 Å². The van der Waals surface area contributed by atoms with Gasteiger partial charge in [-0.25, -0.2) is 0 Å². The van der Waals surface area contributed by atoms with Gasteiger partial charge in [0.2, 0.25) is 0 Å². The monoisotopic (exact) mass is 480 g/mol. The molecule has 9 atom stereocenters. The highest BCUT2D eigenvalue weighted by Crippen LogP contribution is 2.38. The minimum Gasteiger partial charge on any atom is -0.508 e. The van der Waals surface area contributed by atoms with Crippen LogP contribution in [0.4, 0.5) is 0 Å². The zero-order chi connectivity index (χ0) is 24.6. The average molecular weight is 480 g/mol. The maximum atomic E-state index is 13.1. The number of hydrogen-bond acceptors (Lipinski definition) is 11. The normalized spacial score (nSPS) is 37.9. The van der Waals surface area contributed by atoms with Crippen molar-refractivity contribution < 1.29 is 54.1 Å². The maximum absolute atomic E-state index is 13.1. The van der Waals surface area contributed by atoms with Gasteiger partial charge in [-0.15, -0.1) is 0 Å². The molecule has 34 heavy (non-hydrogen) atoms. The molecule has 1 saturated carbocycles. The minimum atomic E-state index is -1.61. The third-order valence-electron chi connectivity index (χ3n) is 6.37. The average Bonchev–Trinajstić information content (AvgIpc) is 2.79. The number of benzene rings is 1. The Hall–Kier alpha value is -2.54. The van der Waals surface area contributed by atoms with Crippen molar-refractivity contribution >= 4 is 17.3 Å². The highest BCUT2D eigenvalue weighted by atomic mass is 16.7. The summed E-state index contributed by atoms with van der Waals surface area (Å²) in [6.07, 6.45) is -8.11. The third-order valence-corrected chi connectivity index (χ3v) is 6.37. The van der Waals surface area contributed by atoms with Crippen molar-refractivity contribution in [2.45, 2.75) is 68.8 Å². The number of phenols is 1. The molecule has 186 valence electrons. The number of carbonyl (C=O) groups excluding carboxylic acids is 2. The van der Waals surface area contributed by atoms with E-state index < -0.39 is 60.9 Å². The zero-order valence-corrected chi connectivity index (χ0v) is 18.4. The predicted octanol–water partition coefficient (Wildman–Crippen LogP) is -0.772. The number of Topliss-reactive ketones (excluding diaryl/α,β-unsaturated/α-hetero) is 1. The fourth-order valence-electron chi connectivity index (χ4n) is 4.56. The lowest BCUT2D eigenvalue weighted by Crippen LogP contribution is -2.60. The first-order chi connectivity index (χ1) is 16.2. The zero-order valence-electron chi connectivity index (χ0n) is 18.4. The van der Waals surface area contributed by atoms with Gasteiger partial charge < -0.3 is 44.5 Å². The van der Waals surface area contributed by atoms with Crippen molar-refractivity contribution in [2.75, 3.05) is 6.61 Å². The molecular formula is C23H28O11. The van der Waals surface area contributed by atoms with Gasteiger partial charge in [-0.3, -0.25) is 9.59 Å². The SMILES string of the molecule is CC(=O)OCC1OC(OC2CC(O)C3C(=O)C(c4ccc(O)cc4)=COC3C2)C(O)C(O)C1O. The lowest BCUT2D eigenvalue weighted by Gasteiger charge is -2.44. The second kappa shape index (κ2) is 9.98. The molecule has 1 aromatic carbocycles. The van der Waals surface area contributed by atoms with E-state index in [0.29, 0.717) is 5.56 Å². The first-order valence-electron chi connectivity index (χ1n) is 11.0. The van der Waals surface area contributed by atoms with E-state index in [9.17, 15) is 35.1 Å². The quantitative estimate of drug-likeness (QED) is 0.335. The van der Waals surface area contributed by atoms with Crippen LogP contribution in [0.15, 0.2) is 30.5 Å². The van der Waals surface area contributed by atoms with Gasteiger partial charge in [-0.1, -0.05) is 12.1 Å². The second-order valence-electron chi connectivity index (χ2n) is 8.76. The lowest BCUT2D eigenvalue weighted by atomic mass is 9.76. The Morgan fingerprint density at radius 3 is 2.44 bits per heavy atom. The minimum absolute atomic E-state index is 0.0406. The van der Waals surface area contributed by atoms with E-state index in [0.717, 1.165) is 0 Å². The number of phenolic OH excluding ortho intramolecular Hbond substituents is 1. The van der Waals surface area contributed by atoms with Gasteiger partial charge in [0.05, 0.1) is 30.0 Å². The van der Waals surface area contributed by atoms with Crippen LogP contribution in [-0.2, 0) is 28.5 Å². The lowest BCUT2D eigenvalue weighted by molar-refractivity contribution is -0.317. The summed E-state index contributed by atoms with van der Waals surface area (Å²) in [5.74, 6) is -1.66. The van der Waals surface area contributed by atoms with Gasteiger partial charge in [0.25, 0.3) is 0 Å². The molecule has 2 heterocycles. The molecule has 11 heteroatoms. The smallest absolute Gasteiger partial charge is 0.302 e. The van der Waals surface area contributed by atoms with Crippen LogP contribution in [0, 0.1) is 5.92 Å². The summed E-state index contributed by atoms with van der Waals surface area (Å²) in [6.45, 7) is 0.835. The fourth-order valence-corrected chi connectivity index (χ4v) is 4.56. The number of esters is 1. The molecule has 4 rings (SSSR count). The first kappa shape index (κ1) is 24.6. The molecule has 0 bridgehead atoms. The topological polar surface area (TPSA) is 172 Å². The second-order valence-corrected chi connectivity index (χ2v) is 8.76. The Balaban J connectivity index is 1.43. The molecule has 1 aromatic rings. The molecule has 0 aromatic heterocycles. The summed E-state index contributed by atoms with van der Waals surface area (Å²) in [6, 6.07) is 6.06. The highest BCUT2D eigenvalue weighted by Gasteiger charge is 2.49. The Morgan fingerprint density at radius 1 is 1.06 bits per heavy atom. The maximum Gasteiger partial charge on any atom is 0.302 e. The van der Waals surface area contributed by atoms with Gasteiger partial charge in [0.15, 0.2) is 12.1 Å². The molecule has 0 spiro atoms. The van der Waals surface area contributed by atoms with Crippen molar-refractivity contribution in [3.05, 3.63) is 36.1 Å². The van der Waals surface area contributed by atoms with Crippen molar-refractivity contribution in [1.29, 1.82) is 0 Å². The number of hydrogen-bond donors (Lipinski definition) is 5. The number of aliphatic hydroxyl groups excluding tert-OH is 4. The van der Waals surface area contributed by atoms with Crippen molar-refractivity contribution in [3.63, 3.8) is 0 Å². The van der Waals surface area contributed by atoms with Crippen molar-refractivity contribution in [3.8, 4) is 5.75 Å². The first-order valence-corrected chi connectivity index (χ1v) is 11.0. The Kier molecular flexibility index (Phi) is 7.22. The number of aliphatic hydroxyl groups is 4. The standard InChI is InChI=1S/C23H28O11/c1-10(24)31-9-17-20(28)21(29)22(30)23(34-17)33-13-6-15(26)18-16(7-13)32-8-14(19(18)27)11-2-4-12(25)5-3-11/h2-5,8,13,15-18,20-23,25-26,28-30H,6-7,9H2,1H3. The van der Waals surface area contributed by atoms with E-state index >= 15 is 0 Å². The fraction of sp³-hybridized carbons (Fsp3) is 0.565. The van der Waals surface area contributed by atoms with Crippen LogP contribution in [0.1, 0.15) is 25.3 Å². The molecular weight excluding hydrogens is 452 g/mol. The number of aromatic hydroxyl groups is 1. The van der Waals surface area contributed by atoms with E-state index in [-0.39, 0.29) is 36.6 Å². The van der Waals surface area contributed by atoms with Crippen LogP contribution >= 0.6 is 0 Å². The largest absolute Gasteiger partial charge is 0.508 e.